The van der Waals surface area contributed by atoms with Crippen LogP contribution in [0.2, 0.25) is 0 Å². The normalized spacial score (nSPS) is 10.5. The average Bonchev–Trinajstić information content (AvgIpc) is 3.27. The summed E-state index contributed by atoms with van der Waals surface area (Å²) in [6, 6.07) is 16.6. The van der Waals surface area contributed by atoms with E-state index in [1.165, 1.54) is 12.1 Å². The second-order valence-electron chi connectivity index (χ2n) is 6.55. The average molecular weight is 418 g/mol. The van der Waals surface area contributed by atoms with Crippen LogP contribution in [0.1, 0.15) is 16.2 Å². The molecule has 2 heterocycles. The number of nitrogens with one attached hydrogen (secondary N) is 3. The van der Waals surface area contributed by atoms with Gasteiger partial charge in [-0.1, -0.05) is 6.07 Å². The number of pyridine rings is 1. The second-order valence-corrected chi connectivity index (χ2v) is 6.55. The third kappa shape index (κ3) is 4.84. The van der Waals surface area contributed by atoms with Crippen molar-refractivity contribution in [2.45, 2.75) is 6.54 Å². The van der Waals surface area contributed by atoms with E-state index in [0.717, 1.165) is 11.3 Å². The molecule has 0 spiro atoms. The van der Waals surface area contributed by atoms with Gasteiger partial charge in [0.1, 0.15) is 23.2 Å². The maximum absolute atomic E-state index is 13.4. The molecule has 156 valence electrons. The minimum absolute atomic E-state index is 0.149. The Morgan fingerprint density at radius 3 is 2.74 bits per heavy atom. The lowest BCUT2D eigenvalue weighted by atomic mass is 10.2. The van der Waals surface area contributed by atoms with Gasteiger partial charge in [-0.3, -0.25) is 9.89 Å². The number of carbonyl (C=O) groups is 1. The van der Waals surface area contributed by atoms with Crippen LogP contribution >= 0.6 is 0 Å². The van der Waals surface area contributed by atoms with Crippen LogP contribution in [0.5, 0.6) is 5.75 Å². The summed E-state index contributed by atoms with van der Waals surface area (Å²) in [5.41, 5.74) is 1.64. The topological polar surface area (TPSA) is 105 Å². The molecule has 9 heteroatoms. The molecule has 0 fully saturated rings. The van der Waals surface area contributed by atoms with E-state index in [9.17, 15) is 9.18 Å². The van der Waals surface area contributed by atoms with Gasteiger partial charge in [0.2, 0.25) is 0 Å². The van der Waals surface area contributed by atoms with Gasteiger partial charge < -0.3 is 15.4 Å². The summed E-state index contributed by atoms with van der Waals surface area (Å²) in [5.74, 6) is 1.34. The van der Waals surface area contributed by atoms with Crippen molar-refractivity contribution >= 4 is 17.4 Å². The van der Waals surface area contributed by atoms with Crippen LogP contribution in [0.25, 0.3) is 11.4 Å². The monoisotopic (exact) mass is 418 g/mol. The third-order valence-corrected chi connectivity index (χ3v) is 4.44. The molecule has 1 amide bonds. The number of methoxy groups -OCH3 is 1. The summed E-state index contributed by atoms with van der Waals surface area (Å²) in [4.78, 5) is 21.3. The number of nitrogens with zero attached hydrogens (tertiary/aromatic N) is 3. The second kappa shape index (κ2) is 9.04. The van der Waals surface area contributed by atoms with Crippen LogP contribution in [0.15, 0.2) is 66.9 Å². The number of carbonyl (C=O) groups excluding carboxylic acids is 1. The zero-order chi connectivity index (χ0) is 21.6. The number of H-pyrrole nitrogens is 1. The molecule has 4 aromatic rings. The van der Waals surface area contributed by atoms with Crippen LogP contribution in [-0.4, -0.2) is 33.2 Å². The zero-order valence-corrected chi connectivity index (χ0v) is 16.6. The number of anilines is 2. The lowest BCUT2D eigenvalue weighted by molar-refractivity contribution is 0.0950. The molecule has 4 rings (SSSR count). The first-order chi connectivity index (χ1) is 15.1. The first-order valence-electron chi connectivity index (χ1n) is 9.44. The molecule has 0 aliphatic heterocycles. The molecule has 0 bridgehead atoms. The van der Waals surface area contributed by atoms with Crippen molar-refractivity contribution in [2.75, 3.05) is 12.4 Å². The largest absolute Gasteiger partial charge is 0.497 e. The number of aromatic amines is 1. The van der Waals surface area contributed by atoms with Crippen molar-refractivity contribution in [1.29, 1.82) is 0 Å². The number of halogens is 1. The Hall–Kier alpha value is -4.27. The molecule has 0 atom stereocenters. The van der Waals surface area contributed by atoms with E-state index in [1.807, 2.05) is 24.3 Å². The summed E-state index contributed by atoms with van der Waals surface area (Å²) >= 11 is 0. The maximum Gasteiger partial charge on any atom is 0.255 e. The maximum atomic E-state index is 13.4. The van der Waals surface area contributed by atoms with E-state index in [1.54, 1.807) is 37.6 Å². The van der Waals surface area contributed by atoms with Gasteiger partial charge in [0, 0.05) is 17.4 Å². The summed E-state index contributed by atoms with van der Waals surface area (Å²) in [7, 11) is 1.60. The molecule has 2 aromatic heterocycles. The Balaban J connectivity index is 1.43. The van der Waals surface area contributed by atoms with Crippen molar-refractivity contribution in [3.8, 4) is 17.1 Å². The summed E-state index contributed by atoms with van der Waals surface area (Å²) in [6.07, 6.45) is 1.55. The Morgan fingerprint density at radius 1 is 1.13 bits per heavy atom. The molecular weight excluding hydrogens is 399 g/mol. The molecule has 2 aromatic carbocycles. The van der Waals surface area contributed by atoms with Gasteiger partial charge in [-0.2, -0.15) is 5.10 Å². The standard InChI is InChI=1S/C22H19FN6O2/c1-31-17-9-7-14(8-10-17)20-27-19(28-29-20)13-25-22(30)18-6-3-11-24-21(18)26-16-5-2-4-15(23)12-16/h2-12H,13H2,1H3,(H,24,26)(H,25,30)(H,27,28,29). The number of rotatable bonds is 7. The van der Waals surface area contributed by atoms with E-state index < -0.39 is 0 Å². The van der Waals surface area contributed by atoms with E-state index in [2.05, 4.69) is 30.8 Å². The Bertz CT molecular complexity index is 1190. The molecule has 0 radical (unpaired) electrons. The highest BCUT2D eigenvalue weighted by atomic mass is 19.1. The van der Waals surface area contributed by atoms with Crippen molar-refractivity contribution in [3.05, 3.63) is 84.1 Å². The highest BCUT2D eigenvalue weighted by Gasteiger charge is 2.14. The van der Waals surface area contributed by atoms with Gasteiger partial charge in [0.15, 0.2) is 5.82 Å². The highest BCUT2D eigenvalue weighted by molar-refractivity contribution is 5.99. The molecule has 0 saturated heterocycles. The lowest BCUT2D eigenvalue weighted by Gasteiger charge is -2.10. The van der Waals surface area contributed by atoms with Crippen molar-refractivity contribution in [2.24, 2.45) is 0 Å². The molecular formula is C22H19FN6O2. The SMILES string of the molecule is COc1ccc(-c2n[nH]c(CNC(=O)c3cccnc3Nc3cccc(F)c3)n2)cc1. The predicted molar refractivity (Wildman–Crippen MR) is 113 cm³/mol. The smallest absolute Gasteiger partial charge is 0.255 e. The quantitative estimate of drug-likeness (QED) is 0.423. The highest BCUT2D eigenvalue weighted by Crippen LogP contribution is 2.20. The van der Waals surface area contributed by atoms with Gasteiger partial charge in [-0.15, -0.1) is 0 Å². The number of hydrogen-bond acceptors (Lipinski definition) is 6. The number of ether oxygens (including phenoxy) is 1. The molecule has 0 saturated carbocycles. The molecule has 0 aliphatic carbocycles. The fourth-order valence-electron chi connectivity index (χ4n) is 2.89. The van der Waals surface area contributed by atoms with E-state index >= 15 is 0 Å². The van der Waals surface area contributed by atoms with Crippen molar-refractivity contribution in [1.82, 2.24) is 25.5 Å². The number of hydrogen-bond donors (Lipinski definition) is 3. The first-order valence-corrected chi connectivity index (χ1v) is 9.44. The summed E-state index contributed by atoms with van der Waals surface area (Å²) < 4.78 is 18.6. The van der Waals surface area contributed by atoms with Gasteiger partial charge in [0.05, 0.1) is 19.2 Å². The molecule has 0 unspecified atom stereocenters. The third-order valence-electron chi connectivity index (χ3n) is 4.44. The van der Waals surface area contributed by atoms with E-state index in [0.29, 0.717) is 28.7 Å². The fraction of sp³-hybridized carbons (Fsp3) is 0.0909. The Morgan fingerprint density at radius 2 is 1.97 bits per heavy atom. The zero-order valence-electron chi connectivity index (χ0n) is 16.6. The fourth-order valence-corrected chi connectivity index (χ4v) is 2.89. The lowest BCUT2D eigenvalue weighted by Crippen LogP contribution is -2.24. The van der Waals surface area contributed by atoms with E-state index in [4.69, 9.17) is 4.74 Å². The molecule has 31 heavy (non-hydrogen) atoms. The van der Waals surface area contributed by atoms with Crippen molar-refractivity contribution in [3.63, 3.8) is 0 Å². The number of aromatic nitrogens is 4. The van der Waals surface area contributed by atoms with Gasteiger partial charge in [-0.05, 0) is 54.6 Å². The Labute approximate surface area is 177 Å². The van der Waals surface area contributed by atoms with Crippen molar-refractivity contribution < 1.29 is 13.9 Å². The number of benzene rings is 2. The van der Waals surface area contributed by atoms with E-state index in [-0.39, 0.29) is 18.3 Å². The van der Waals surface area contributed by atoms with Crippen LogP contribution in [0, 0.1) is 5.82 Å². The minimum atomic E-state index is -0.384. The van der Waals surface area contributed by atoms with Gasteiger partial charge in [0.25, 0.3) is 5.91 Å². The molecule has 3 N–H and O–H groups in total. The molecule has 8 nitrogen and oxygen atoms in total. The van der Waals surface area contributed by atoms with Gasteiger partial charge in [-0.25, -0.2) is 14.4 Å². The molecule has 0 aliphatic rings. The number of amides is 1. The van der Waals surface area contributed by atoms with Crippen LogP contribution in [-0.2, 0) is 6.54 Å². The predicted octanol–water partition coefficient (Wildman–Crippen LogP) is 3.69. The summed E-state index contributed by atoms with van der Waals surface area (Å²) in [6.45, 7) is 0.149. The van der Waals surface area contributed by atoms with Crippen LogP contribution in [0.4, 0.5) is 15.9 Å². The van der Waals surface area contributed by atoms with Crippen LogP contribution in [0.3, 0.4) is 0 Å². The van der Waals surface area contributed by atoms with Crippen LogP contribution < -0.4 is 15.4 Å². The summed E-state index contributed by atoms with van der Waals surface area (Å²) in [5, 5.41) is 12.8. The Kier molecular flexibility index (Phi) is 5.84. The first kappa shape index (κ1) is 20.0. The van der Waals surface area contributed by atoms with Gasteiger partial charge >= 0.3 is 0 Å². The minimum Gasteiger partial charge on any atom is -0.497 e.